The Hall–Kier alpha value is -2.85. The first kappa shape index (κ1) is 25.8. The molecule has 0 aliphatic carbocycles. The number of hydrazone groups is 1. The number of allylic oxidation sites excluding steroid dienone is 1. The van der Waals surface area contributed by atoms with Gasteiger partial charge >= 0.3 is 18.2 Å². The van der Waals surface area contributed by atoms with Crippen molar-refractivity contribution >= 4 is 50.9 Å². The first-order valence-corrected chi connectivity index (χ1v) is 11.3. The van der Waals surface area contributed by atoms with E-state index in [1.807, 2.05) is 0 Å². The highest BCUT2D eigenvalue weighted by molar-refractivity contribution is 9.10. The molecule has 11 heteroatoms. The Kier molecular flexibility index (Phi) is 7.72. The molecule has 1 N–H and O–H groups in total. The third kappa shape index (κ3) is 5.28. The highest BCUT2D eigenvalue weighted by Gasteiger charge is 2.51. The molecule has 180 valence electrons. The van der Waals surface area contributed by atoms with Crippen molar-refractivity contribution in [3.05, 3.63) is 75.7 Å². The number of amides is 2. The van der Waals surface area contributed by atoms with E-state index < -0.39 is 34.2 Å². The lowest BCUT2D eigenvalue weighted by molar-refractivity contribution is -0.151. The van der Waals surface area contributed by atoms with Gasteiger partial charge in [-0.2, -0.15) is 18.3 Å². The van der Waals surface area contributed by atoms with Crippen molar-refractivity contribution in [1.29, 1.82) is 0 Å². The van der Waals surface area contributed by atoms with E-state index >= 15 is 0 Å². The molecule has 0 saturated carbocycles. The zero-order valence-electron chi connectivity index (χ0n) is 18.0. The van der Waals surface area contributed by atoms with Gasteiger partial charge in [0.1, 0.15) is 5.41 Å². The third-order valence-corrected chi connectivity index (χ3v) is 5.97. The Balaban J connectivity index is 2.05. The standard InChI is InChI=1S/C23H20BrClF3N3O3/c1-3-11-22(20(32)34-4-2)13-31(21(33)29-16-8-6-15(24)7-9-16)30-19(22)14-5-10-17(18(25)12-14)23(26,27)28/h3,5-10,12H,1,4,11,13H2,2H3,(H,29,33). The average Bonchev–Trinajstić information content (AvgIpc) is 3.16. The van der Waals surface area contributed by atoms with E-state index in [9.17, 15) is 22.8 Å². The summed E-state index contributed by atoms with van der Waals surface area (Å²) in [4.78, 5) is 26.0. The summed E-state index contributed by atoms with van der Waals surface area (Å²) in [6, 6.07) is 9.23. The third-order valence-electron chi connectivity index (χ3n) is 5.13. The van der Waals surface area contributed by atoms with E-state index in [0.717, 1.165) is 21.6 Å². The number of urea groups is 1. The first-order valence-electron chi connectivity index (χ1n) is 10.1. The number of esters is 1. The molecule has 1 heterocycles. The summed E-state index contributed by atoms with van der Waals surface area (Å²) in [7, 11) is 0. The van der Waals surface area contributed by atoms with Crippen LogP contribution in [0.2, 0.25) is 5.02 Å². The average molecular weight is 559 g/mol. The van der Waals surface area contributed by atoms with Crippen molar-refractivity contribution in [3.8, 4) is 0 Å². The molecule has 34 heavy (non-hydrogen) atoms. The Labute approximate surface area is 207 Å². The number of nitrogens with one attached hydrogen (secondary N) is 1. The second-order valence-electron chi connectivity index (χ2n) is 7.43. The van der Waals surface area contributed by atoms with Crippen molar-refractivity contribution in [3.63, 3.8) is 0 Å². The van der Waals surface area contributed by atoms with Crippen LogP contribution in [-0.4, -0.2) is 35.9 Å². The normalized spacial score (nSPS) is 17.8. The summed E-state index contributed by atoms with van der Waals surface area (Å²) in [6.07, 6.45) is -3.15. The number of hydrogen-bond donors (Lipinski definition) is 1. The highest BCUT2D eigenvalue weighted by Crippen LogP contribution is 2.40. The minimum Gasteiger partial charge on any atom is -0.465 e. The molecular formula is C23H20BrClF3N3O3. The van der Waals surface area contributed by atoms with Crippen LogP contribution in [0.25, 0.3) is 0 Å². The van der Waals surface area contributed by atoms with E-state index in [0.29, 0.717) is 5.69 Å². The van der Waals surface area contributed by atoms with Gasteiger partial charge in [0.05, 0.1) is 29.4 Å². The summed E-state index contributed by atoms with van der Waals surface area (Å²) in [5.41, 5.74) is -1.79. The Morgan fingerprint density at radius 3 is 2.53 bits per heavy atom. The van der Waals surface area contributed by atoms with Crippen LogP contribution in [0.4, 0.5) is 23.7 Å². The van der Waals surface area contributed by atoms with E-state index in [-0.39, 0.29) is 30.8 Å². The summed E-state index contributed by atoms with van der Waals surface area (Å²) < 4.78 is 45.7. The number of ether oxygens (including phenoxy) is 1. The highest BCUT2D eigenvalue weighted by atomic mass is 79.9. The van der Waals surface area contributed by atoms with Gasteiger partial charge in [0.15, 0.2) is 0 Å². The molecule has 0 fully saturated rings. The molecule has 0 spiro atoms. The van der Waals surface area contributed by atoms with Crippen LogP contribution in [0.5, 0.6) is 0 Å². The lowest BCUT2D eigenvalue weighted by atomic mass is 9.77. The topological polar surface area (TPSA) is 71.0 Å². The monoisotopic (exact) mass is 557 g/mol. The maximum Gasteiger partial charge on any atom is 0.417 e. The number of benzene rings is 2. The van der Waals surface area contributed by atoms with Gasteiger partial charge in [-0.15, -0.1) is 6.58 Å². The molecule has 1 aliphatic heterocycles. The molecule has 1 atom stereocenters. The van der Waals surface area contributed by atoms with Gasteiger partial charge < -0.3 is 10.1 Å². The van der Waals surface area contributed by atoms with E-state index in [1.54, 1.807) is 31.2 Å². The van der Waals surface area contributed by atoms with Crippen LogP contribution >= 0.6 is 27.5 Å². The SMILES string of the molecule is C=CCC1(C(=O)OCC)CN(C(=O)Nc2ccc(Br)cc2)N=C1c1ccc(C(F)(F)F)c(Cl)c1. The molecule has 0 saturated heterocycles. The van der Waals surface area contributed by atoms with Crippen molar-refractivity contribution < 1.29 is 27.5 Å². The van der Waals surface area contributed by atoms with Gasteiger partial charge in [0.2, 0.25) is 0 Å². The number of hydrogen-bond acceptors (Lipinski definition) is 4. The fraction of sp³-hybridized carbons (Fsp3) is 0.261. The minimum absolute atomic E-state index is 0.0331. The van der Waals surface area contributed by atoms with E-state index in [2.05, 4.69) is 32.9 Å². The van der Waals surface area contributed by atoms with Crippen LogP contribution in [-0.2, 0) is 15.7 Å². The van der Waals surface area contributed by atoms with E-state index in [1.165, 1.54) is 12.1 Å². The molecular weight excluding hydrogens is 539 g/mol. The zero-order chi connectivity index (χ0) is 25.1. The summed E-state index contributed by atoms with van der Waals surface area (Å²) in [5.74, 6) is -0.677. The van der Waals surface area contributed by atoms with Crippen LogP contribution in [0.1, 0.15) is 24.5 Å². The maximum atomic E-state index is 13.2. The molecule has 2 aromatic rings. The molecule has 2 amide bonds. The van der Waals surface area contributed by atoms with E-state index in [4.69, 9.17) is 16.3 Å². The maximum absolute atomic E-state index is 13.2. The molecule has 0 aromatic heterocycles. The number of anilines is 1. The molecule has 3 rings (SSSR count). The van der Waals surface area contributed by atoms with Gasteiger partial charge in [-0.25, -0.2) is 9.80 Å². The second-order valence-corrected chi connectivity index (χ2v) is 8.75. The van der Waals surface area contributed by atoms with Crippen LogP contribution in [0.15, 0.2) is 64.7 Å². The molecule has 2 aromatic carbocycles. The van der Waals surface area contributed by atoms with Crippen molar-refractivity contribution in [2.24, 2.45) is 10.5 Å². The van der Waals surface area contributed by atoms with Crippen molar-refractivity contribution in [2.45, 2.75) is 19.5 Å². The molecule has 0 bridgehead atoms. The summed E-state index contributed by atoms with van der Waals surface area (Å²) >= 11 is 9.22. The quantitative estimate of drug-likeness (QED) is 0.325. The predicted octanol–water partition coefficient (Wildman–Crippen LogP) is 6.50. The predicted molar refractivity (Wildman–Crippen MR) is 127 cm³/mol. The van der Waals surface area contributed by atoms with Crippen LogP contribution < -0.4 is 5.32 Å². The van der Waals surface area contributed by atoms with Gasteiger partial charge in [-0.3, -0.25) is 4.79 Å². The van der Waals surface area contributed by atoms with Crippen LogP contribution in [0, 0.1) is 5.41 Å². The van der Waals surface area contributed by atoms with Gasteiger partial charge in [0, 0.05) is 15.7 Å². The van der Waals surface area contributed by atoms with Crippen LogP contribution in [0.3, 0.4) is 0 Å². The molecule has 0 radical (unpaired) electrons. The lowest BCUT2D eigenvalue weighted by Gasteiger charge is -2.27. The Bertz CT molecular complexity index is 1140. The number of alkyl halides is 3. The number of nitrogens with zero attached hydrogens (tertiary/aromatic N) is 2. The number of carbonyl (C=O) groups excluding carboxylic acids is 2. The van der Waals surface area contributed by atoms with Gasteiger partial charge in [-0.1, -0.05) is 39.7 Å². The molecule has 1 unspecified atom stereocenters. The van der Waals surface area contributed by atoms with Crippen molar-refractivity contribution in [1.82, 2.24) is 5.01 Å². The summed E-state index contributed by atoms with van der Waals surface area (Å²) in [5, 5.41) is 7.49. The number of rotatable bonds is 6. The number of halogens is 5. The fourth-order valence-corrected chi connectivity index (χ4v) is 4.12. The second kappa shape index (κ2) is 10.2. The molecule has 6 nitrogen and oxygen atoms in total. The molecule has 1 aliphatic rings. The Morgan fingerprint density at radius 1 is 1.29 bits per heavy atom. The first-order chi connectivity index (χ1) is 16.0. The minimum atomic E-state index is -4.65. The largest absolute Gasteiger partial charge is 0.465 e. The van der Waals surface area contributed by atoms with Crippen molar-refractivity contribution in [2.75, 3.05) is 18.5 Å². The van der Waals surface area contributed by atoms with Gasteiger partial charge in [0.25, 0.3) is 0 Å². The lowest BCUT2D eigenvalue weighted by Crippen LogP contribution is -2.44. The van der Waals surface area contributed by atoms with Gasteiger partial charge in [-0.05, 0) is 49.7 Å². The number of carbonyl (C=O) groups is 2. The zero-order valence-corrected chi connectivity index (χ0v) is 20.3. The fourth-order valence-electron chi connectivity index (χ4n) is 3.57. The smallest absolute Gasteiger partial charge is 0.417 e. The Morgan fingerprint density at radius 2 is 1.97 bits per heavy atom. The summed E-state index contributed by atoms with van der Waals surface area (Å²) in [6.45, 7) is 5.17.